The summed E-state index contributed by atoms with van der Waals surface area (Å²) in [6.45, 7) is 4.34. The molecule has 0 aliphatic rings. The van der Waals surface area contributed by atoms with Gasteiger partial charge in [0.1, 0.15) is 5.75 Å². The van der Waals surface area contributed by atoms with E-state index in [9.17, 15) is 9.59 Å². The van der Waals surface area contributed by atoms with Gasteiger partial charge in [-0.3, -0.25) is 9.59 Å². The predicted molar refractivity (Wildman–Crippen MR) is 115 cm³/mol. The highest BCUT2D eigenvalue weighted by Crippen LogP contribution is 2.32. The zero-order valence-electron chi connectivity index (χ0n) is 16.5. The Morgan fingerprint density at radius 3 is 2.73 bits per heavy atom. The van der Waals surface area contributed by atoms with Gasteiger partial charge in [-0.05, 0) is 38.1 Å². The highest BCUT2D eigenvalue weighted by Gasteiger charge is 2.14. The first kappa shape index (κ1) is 21.8. The second-order valence-corrected chi connectivity index (χ2v) is 8.41. The van der Waals surface area contributed by atoms with Crippen molar-refractivity contribution in [1.29, 1.82) is 0 Å². The van der Waals surface area contributed by atoms with Crippen molar-refractivity contribution in [2.45, 2.75) is 30.9 Å². The number of anilines is 1. The maximum absolute atomic E-state index is 12.2. The number of amides is 2. The number of ether oxygens (including phenoxy) is 1. The van der Waals surface area contributed by atoms with Crippen LogP contribution in [0.3, 0.4) is 0 Å². The van der Waals surface area contributed by atoms with Gasteiger partial charge >= 0.3 is 0 Å². The summed E-state index contributed by atoms with van der Waals surface area (Å²) in [6, 6.07) is 7.39. The minimum absolute atomic E-state index is 0.171. The molecule has 0 fully saturated rings. The zero-order chi connectivity index (χ0) is 21.5. The molecule has 11 heteroatoms. The molecule has 2 amide bonds. The third-order valence-electron chi connectivity index (χ3n) is 3.80. The lowest BCUT2D eigenvalue weighted by atomic mass is 10.2. The zero-order valence-corrected chi connectivity index (χ0v) is 18.1. The standard InChI is InChI=1S/C19H21N5O4S2/c1-3-27-13-6-4-12(5-7-13)17-23-16(28-24-17)9-8-15(26)22-19-21-11(2)18(30-19)29-10-14(20)25/h4-7H,3,8-10H2,1-2H3,(H2,20,25)(H,21,22,26). The summed E-state index contributed by atoms with van der Waals surface area (Å²) in [5, 5.41) is 7.19. The van der Waals surface area contributed by atoms with Gasteiger partial charge in [0.05, 0.1) is 22.3 Å². The summed E-state index contributed by atoms with van der Waals surface area (Å²) in [6.07, 6.45) is 0.483. The molecule has 0 aliphatic carbocycles. The Labute approximate surface area is 181 Å². The molecule has 30 heavy (non-hydrogen) atoms. The smallest absolute Gasteiger partial charge is 0.227 e. The number of aromatic nitrogens is 3. The maximum Gasteiger partial charge on any atom is 0.227 e. The van der Waals surface area contributed by atoms with Crippen LogP contribution in [0, 0.1) is 6.92 Å². The van der Waals surface area contributed by atoms with E-state index in [0.29, 0.717) is 29.9 Å². The molecule has 1 aromatic carbocycles. The Bertz CT molecular complexity index is 1020. The fraction of sp³-hybridized carbons (Fsp3) is 0.316. The molecule has 0 radical (unpaired) electrons. The molecule has 3 N–H and O–H groups in total. The van der Waals surface area contributed by atoms with Crippen molar-refractivity contribution < 1.29 is 18.8 Å². The van der Waals surface area contributed by atoms with Crippen molar-refractivity contribution in [2.75, 3.05) is 17.7 Å². The number of primary amides is 1. The maximum atomic E-state index is 12.2. The third kappa shape index (κ3) is 6.04. The van der Waals surface area contributed by atoms with Crippen LogP contribution < -0.4 is 15.8 Å². The average molecular weight is 448 g/mol. The second-order valence-electron chi connectivity index (χ2n) is 6.16. The number of carbonyl (C=O) groups is 2. The van der Waals surface area contributed by atoms with Crippen molar-refractivity contribution >= 4 is 40.0 Å². The van der Waals surface area contributed by atoms with Crippen LogP contribution in [0.4, 0.5) is 5.13 Å². The molecule has 3 aromatic rings. The molecule has 0 atom stereocenters. The number of hydrogen-bond donors (Lipinski definition) is 2. The number of nitrogens with two attached hydrogens (primary N) is 1. The molecule has 0 saturated heterocycles. The van der Waals surface area contributed by atoms with Gasteiger partial charge in [-0.25, -0.2) is 4.98 Å². The SMILES string of the molecule is CCOc1ccc(-c2noc(CCC(=O)Nc3nc(C)c(SCC(N)=O)s3)n2)cc1. The number of nitrogens with one attached hydrogen (secondary N) is 1. The van der Waals surface area contributed by atoms with E-state index in [1.165, 1.54) is 23.1 Å². The lowest BCUT2D eigenvalue weighted by molar-refractivity contribution is -0.116. The largest absolute Gasteiger partial charge is 0.494 e. The van der Waals surface area contributed by atoms with Crippen LogP contribution in [0.5, 0.6) is 5.75 Å². The first-order valence-electron chi connectivity index (χ1n) is 9.18. The van der Waals surface area contributed by atoms with E-state index < -0.39 is 5.91 Å². The lowest BCUT2D eigenvalue weighted by Crippen LogP contribution is -2.12. The Morgan fingerprint density at radius 1 is 1.27 bits per heavy atom. The number of rotatable bonds is 10. The van der Waals surface area contributed by atoms with Gasteiger partial charge in [0, 0.05) is 18.4 Å². The Morgan fingerprint density at radius 2 is 2.03 bits per heavy atom. The molecule has 9 nitrogen and oxygen atoms in total. The molecular weight excluding hydrogens is 426 g/mol. The molecule has 0 unspecified atom stereocenters. The Balaban J connectivity index is 1.52. The summed E-state index contributed by atoms with van der Waals surface area (Å²) >= 11 is 2.61. The van der Waals surface area contributed by atoms with Gasteiger partial charge in [0.25, 0.3) is 0 Å². The number of thiazole rings is 1. The summed E-state index contributed by atoms with van der Waals surface area (Å²) in [5.41, 5.74) is 6.71. The predicted octanol–water partition coefficient (Wildman–Crippen LogP) is 3.05. The molecule has 2 aromatic heterocycles. The highest BCUT2D eigenvalue weighted by atomic mass is 32.2. The number of aryl methyl sites for hydroxylation is 2. The van der Waals surface area contributed by atoms with Crippen LogP contribution >= 0.6 is 23.1 Å². The second kappa shape index (κ2) is 10.2. The first-order valence-corrected chi connectivity index (χ1v) is 11.0. The number of nitrogens with zero attached hydrogens (tertiary/aromatic N) is 3. The number of hydrogen-bond acceptors (Lipinski definition) is 9. The van der Waals surface area contributed by atoms with Crippen molar-refractivity contribution in [3.63, 3.8) is 0 Å². The van der Waals surface area contributed by atoms with Gasteiger partial charge in [0.15, 0.2) is 5.13 Å². The van der Waals surface area contributed by atoms with Crippen molar-refractivity contribution in [3.8, 4) is 17.1 Å². The topological polar surface area (TPSA) is 133 Å². The summed E-state index contributed by atoms with van der Waals surface area (Å²) < 4.78 is 11.5. The van der Waals surface area contributed by atoms with Gasteiger partial charge < -0.3 is 20.3 Å². The van der Waals surface area contributed by atoms with Crippen molar-refractivity contribution in [3.05, 3.63) is 35.9 Å². The molecule has 0 bridgehead atoms. The third-order valence-corrected chi connectivity index (χ3v) is 6.26. The fourth-order valence-corrected chi connectivity index (χ4v) is 4.34. The quantitative estimate of drug-likeness (QED) is 0.453. The molecule has 2 heterocycles. The fourth-order valence-electron chi connectivity index (χ4n) is 2.45. The first-order chi connectivity index (χ1) is 14.4. The average Bonchev–Trinajstić information content (AvgIpc) is 3.32. The van der Waals surface area contributed by atoms with Crippen LogP contribution in [0.2, 0.25) is 0 Å². The summed E-state index contributed by atoms with van der Waals surface area (Å²) in [5.74, 6) is 1.17. The van der Waals surface area contributed by atoms with E-state index in [1.807, 2.05) is 38.1 Å². The normalized spacial score (nSPS) is 10.7. The van der Waals surface area contributed by atoms with E-state index in [0.717, 1.165) is 21.2 Å². The van der Waals surface area contributed by atoms with Crippen LogP contribution in [-0.4, -0.2) is 39.3 Å². The lowest BCUT2D eigenvalue weighted by Gasteiger charge is -2.02. The van der Waals surface area contributed by atoms with Crippen molar-refractivity contribution in [2.24, 2.45) is 5.73 Å². The Hall–Kier alpha value is -2.92. The molecule has 158 valence electrons. The molecule has 0 saturated carbocycles. The van der Waals surface area contributed by atoms with Gasteiger partial charge in [-0.2, -0.15) is 4.98 Å². The number of carbonyl (C=O) groups excluding carboxylic acids is 2. The summed E-state index contributed by atoms with van der Waals surface area (Å²) in [7, 11) is 0. The van der Waals surface area contributed by atoms with E-state index in [1.54, 1.807) is 0 Å². The number of thioether (sulfide) groups is 1. The van der Waals surface area contributed by atoms with E-state index in [4.69, 9.17) is 15.0 Å². The van der Waals surface area contributed by atoms with E-state index >= 15 is 0 Å². The van der Waals surface area contributed by atoms with Crippen LogP contribution in [0.25, 0.3) is 11.4 Å². The van der Waals surface area contributed by atoms with Crippen LogP contribution in [-0.2, 0) is 16.0 Å². The van der Waals surface area contributed by atoms with Gasteiger partial charge in [-0.1, -0.05) is 16.5 Å². The monoisotopic (exact) mass is 447 g/mol. The molecular formula is C19H21N5O4S2. The molecule has 0 aliphatic heterocycles. The minimum atomic E-state index is -0.400. The van der Waals surface area contributed by atoms with Gasteiger partial charge in [-0.15, -0.1) is 11.8 Å². The van der Waals surface area contributed by atoms with Crippen LogP contribution in [0.1, 0.15) is 24.9 Å². The minimum Gasteiger partial charge on any atom is -0.494 e. The molecule has 0 spiro atoms. The number of benzene rings is 1. The van der Waals surface area contributed by atoms with Crippen molar-refractivity contribution in [1.82, 2.24) is 15.1 Å². The Kier molecular flexibility index (Phi) is 7.41. The van der Waals surface area contributed by atoms with E-state index in [2.05, 4.69) is 20.4 Å². The summed E-state index contributed by atoms with van der Waals surface area (Å²) in [4.78, 5) is 31.8. The highest BCUT2D eigenvalue weighted by molar-refractivity contribution is 8.01. The van der Waals surface area contributed by atoms with E-state index in [-0.39, 0.29) is 18.1 Å². The molecule has 3 rings (SSSR count). The van der Waals surface area contributed by atoms with Crippen LogP contribution in [0.15, 0.2) is 33.0 Å². The van der Waals surface area contributed by atoms with Gasteiger partial charge in [0.2, 0.25) is 23.5 Å².